The van der Waals surface area contributed by atoms with Crippen molar-refractivity contribution in [3.63, 3.8) is 0 Å². The molecule has 0 saturated carbocycles. The first-order valence-corrected chi connectivity index (χ1v) is 8.81. The Bertz CT molecular complexity index is 1020. The average molecular weight is 404 g/mol. The van der Waals surface area contributed by atoms with Crippen LogP contribution in [0.5, 0.6) is 5.75 Å². The lowest BCUT2D eigenvalue weighted by molar-refractivity contribution is -0.137. The van der Waals surface area contributed by atoms with Crippen LogP contribution in [0.25, 0.3) is 16.9 Å². The summed E-state index contributed by atoms with van der Waals surface area (Å²) in [5.74, 6) is -0.754. The van der Waals surface area contributed by atoms with Crippen LogP contribution in [0.2, 0.25) is 0 Å². The molecule has 0 aliphatic rings. The van der Waals surface area contributed by atoms with Gasteiger partial charge in [0.2, 0.25) is 0 Å². The lowest BCUT2D eigenvalue weighted by Crippen LogP contribution is -2.08. The largest absolute Gasteiger partial charge is 0.497 e. The van der Waals surface area contributed by atoms with Gasteiger partial charge in [0.1, 0.15) is 17.0 Å². The Morgan fingerprint density at radius 1 is 1.07 bits per heavy atom. The highest BCUT2D eigenvalue weighted by Crippen LogP contribution is 2.35. The van der Waals surface area contributed by atoms with Gasteiger partial charge in [-0.3, -0.25) is 0 Å². The molecule has 3 rings (SSSR count). The van der Waals surface area contributed by atoms with E-state index in [-0.39, 0.29) is 17.2 Å². The molecule has 0 aliphatic carbocycles. The molecular weight excluding hydrogens is 385 g/mol. The molecule has 1 heterocycles. The van der Waals surface area contributed by atoms with Crippen molar-refractivity contribution in [1.29, 1.82) is 0 Å². The number of alkyl halides is 3. The molecule has 1 aromatic heterocycles. The second kappa shape index (κ2) is 7.62. The molecule has 0 unspecified atom stereocenters. The highest BCUT2D eigenvalue weighted by Gasteiger charge is 2.31. The molecule has 0 amide bonds. The molecule has 0 fully saturated rings. The van der Waals surface area contributed by atoms with Gasteiger partial charge in [-0.05, 0) is 42.3 Å². The Labute approximate surface area is 165 Å². The van der Waals surface area contributed by atoms with Gasteiger partial charge in [-0.15, -0.1) is 0 Å². The quantitative estimate of drug-likeness (QED) is 0.619. The zero-order valence-corrected chi connectivity index (χ0v) is 16.0. The Balaban J connectivity index is 2.20. The van der Waals surface area contributed by atoms with E-state index >= 15 is 0 Å². The van der Waals surface area contributed by atoms with Gasteiger partial charge in [-0.25, -0.2) is 9.48 Å². The average Bonchev–Trinajstić information content (AvgIpc) is 3.08. The second-order valence-corrected chi connectivity index (χ2v) is 6.75. The lowest BCUT2D eigenvalue weighted by atomic mass is 9.99. The van der Waals surface area contributed by atoms with E-state index in [1.54, 1.807) is 24.3 Å². The van der Waals surface area contributed by atoms with Crippen molar-refractivity contribution in [2.24, 2.45) is 0 Å². The van der Waals surface area contributed by atoms with Crippen LogP contribution in [0.4, 0.5) is 13.2 Å². The minimum absolute atomic E-state index is 0.0319. The molecule has 0 radical (unpaired) electrons. The van der Waals surface area contributed by atoms with Crippen molar-refractivity contribution < 1.29 is 27.8 Å². The van der Waals surface area contributed by atoms with Crippen molar-refractivity contribution in [2.45, 2.75) is 25.9 Å². The molecular formula is C21H19F3N2O3. The topological polar surface area (TPSA) is 64.4 Å². The zero-order valence-electron chi connectivity index (χ0n) is 16.0. The number of halogens is 3. The first-order valence-electron chi connectivity index (χ1n) is 8.81. The third kappa shape index (κ3) is 3.96. The predicted octanol–water partition coefficient (Wildman–Crippen LogP) is 5.39. The monoisotopic (exact) mass is 404 g/mol. The Morgan fingerprint density at radius 3 is 2.10 bits per heavy atom. The highest BCUT2D eigenvalue weighted by molar-refractivity contribution is 5.96. The Hall–Kier alpha value is -3.29. The first-order chi connectivity index (χ1) is 13.6. The predicted molar refractivity (Wildman–Crippen MR) is 102 cm³/mol. The van der Waals surface area contributed by atoms with Gasteiger partial charge in [0, 0.05) is 5.56 Å². The summed E-state index contributed by atoms with van der Waals surface area (Å²) in [6.45, 7) is 3.67. The standard InChI is InChI=1S/C21H19F3N2O3/c1-12(2)19-17(20(27)28)18(13-4-6-14(7-5-13)21(22,23)24)25-26(19)15-8-10-16(29-3)11-9-15/h4-12H,1-3H3,(H,27,28). The van der Waals surface area contributed by atoms with Crippen molar-refractivity contribution >= 4 is 5.97 Å². The summed E-state index contributed by atoms with van der Waals surface area (Å²) >= 11 is 0. The fourth-order valence-electron chi connectivity index (χ4n) is 3.11. The van der Waals surface area contributed by atoms with Crippen LogP contribution in [-0.2, 0) is 6.18 Å². The van der Waals surface area contributed by atoms with Crippen LogP contribution in [0.3, 0.4) is 0 Å². The number of hydrogen-bond donors (Lipinski definition) is 1. The second-order valence-electron chi connectivity index (χ2n) is 6.75. The molecule has 0 aliphatic heterocycles. The summed E-state index contributed by atoms with van der Waals surface area (Å²) in [5, 5.41) is 14.3. The first kappa shape index (κ1) is 20.4. The van der Waals surface area contributed by atoms with Crippen molar-refractivity contribution in [3.8, 4) is 22.7 Å². The van der Waals surface area contributed by atoms with Gasteiger partial charge in [-0.2, -0.15) is 18.3 Å². The number of benzene rings is 2. The fourth-order valence-corrected chi connectivity index (χ4v) is 3.11. The summed E-state index contributed by atoms with van der Waals surface area (Å²) in [7, 11) is 1.54. The molecule has 152 valence electrons. The maximum Gasteiger partial charge on any atom is 0.416 e. The van der Waals surface area contributed by atoms with E-state index in [1.165, 1.54) is 23.9 Å². The molecule has 5 nitrogen and oxygen atoms in total. The molecule has 0 saturated heterocycles. The normalized spacial score (nSPS) is 11.7. The van der Waals surface area contributed by atoms with Crippen LogP contribution in [0.15, 0.2) is 48.5 Å². The summed E-state index contributed by atoms with van der Waals surface area (Å²) in [5.41, 5.74) is 0.649. The maximum absolute atomic E-state index is 12.9. The van der Waals surface area contributed by atoms with Crippen molar-refractivity contribution in [3.05, 3.63) is 65.4 Å². The Morgan fingerprint density at radius 2 is 1.66 bits per heavy atom. The number of hydrogen-bond acceptors (Lipinski definition) is 3. The third-order valence-corrected chi connectivity index (χ3v) is 4.48. The smallest absolute Gasteiger partial charge is 0.416 e. The van der Waals surface area contributed by atoms with Crippen LogP contribution < -0.4 is 4.74 Å². The van der Waals surface area contributed by atoms with E-state index in [9.17, 15) is 23.1 Å². The van der Waals surface area contributed by atoms with E-state index in [4.69, 9.17) is 4.74 Å². The SMILES string of the molecule is COc1ccc(-n2nc(-c3ccc(C(F)(F)F)cc3)c(C(=O)O)c2C(C)C)cc1. The number of nitrogens with zero attached hydrogens (tertiary/aromatic N) is 2. The number of carbonyl (C=O) groups is 1. The Kier molecular flexibility index (Phi) is 5.37. The molecule has 8 heteroatoms. The molecule has 0 spiro atoms. The molecule has 0 atom stereocenters. The molecule has 29 heavy (non-hydrogen) atoms. The van der Waals surface area contributed by atoms with E-state index in [2.05, 4.69) is 5.10 Å². The molecule has 3 aromatic rings. The van der Waals surface area contributed by atoms with Gasteiger partial charge < -0.3 is 9.84 Å². The van der Waals surface area contributed by atoms with Crippen molar-refractivity contribution in [2.75, 3.05) is 7.11 Å². The fraction of sp³-hybridized carbons (Fsp3) is 0.238. The summed E-state index contributed by atoms with van der Waals surface area (Å²) in [6, 6.07) is 11.2. The van der Waals surface area contributed by atoms with Crippen LogP contribution in [-0.4, -0.2) is 28.0 Å². The van der Waals surface area contributed by atoms with Crippen molar-refractivity contribution in [1.82, 2.24) is 9.78 Å². The van der Waals surface area contributed by atoms with E-state index in [0.29, 0.717) is 22.7 Å². The van der Waals surface area contributed by atoms with Crippen LogP contribution in [0, 0.1) is 0 Å². The van der Waals surface area contributed by atoms with E-state index in [0.717, 1.165) is 12.1 Å². The number of carboxylic acids is 1. The summed E-state index contributed by atoms with van der Waals surface area (Å²) < 4.78 is 45.2. The molecule has 1 N–H and O–H groups in total. The van der Waals surface area contributed by atoms with Crippen LogP contribution in [0.1, 0.15) is 41.4 Å². The minimum Gasteiger partial charge on any atom is -0.497 e. The molecule has 2 aromatic carbocycles. The zero-order chi connectivity index (χ0) is 21.3. The maximum atomic E-state index is 12.9. The van der Waals surface area contributed by atoms with Crippen LogP contribution >= 0.6 is 0 Å². The summed E-state index contributed by atoms with van der Waals surface area (Å²) in [6.07, 6.45) is -4.47. The summed E-state index contributed by atoms with van der Waals surface area (Å²) in [4.78, 5) is 12.0. The van der Waals surface area contributed by atoms with Gasteiger partial charge in [-0.1, -0.05) is 26.0 Å². The highest BCUT2D eigenvalue weighted by atomic mass is 19.4. The number of ether oxygens (including phenoxy) is 1. The third-order valence-electron chi connectivity index (χ3n) is 4.48. The number of aromatic carboxylic acids is 1. The van der Waals surface area contributed by atoms with Gasteiger partial charge >= 0.3 is 12.1 Å². The van der Waals surface area contributed by atoms with E-state index in [1.807, 2.05) is 13.8 Å². The van der Waals surface area contributed by atoms with Gasteiger partial charge in [0.25, 0.3) is 0 Å². The number of methoxy groups -OCH3 is 1. The minimum atomic E-state index is -4.47. The van der Waals surface area contributed by atoms with Gasteiger partial charge in [0.05, 0.1) is 24.1 Å². The van der Waals surface area contributed by atoms with Gasteiger partial charge in [0.15, 0.2) is 0 Å². The number of rotatable bonds is 5. The molecule has 0 bridgehead atoms. The lowest BCUT2D eigenvalue weighted by Gasteiger charge is -2.11. The number of aromatic nitrogens is 2. The number of carboxylic acid groups (broad SMARTS) is 1. The van der Waals surface area contributed by atoms with E-state index < -0.39 is 17.7 Å².